The molecule has 3 aromatic heterocycles. The van der Waals surface area contributed by atoms with E-state index in [0.717, 1.165) is 177 Å². The van der Waals surface area contributed by atoms with E-state index in [1.165, 1.54) is 38.5 Å². The summed E-state index contributed by atoms with van der Waals surface area (Å²) in [5.74, 6) is 4.81. The van der Waals surface area contributed by atoms with Gasteiger partial charge in [0.1, 0.15) is 0 Å². The number of nitrogens with zero attached hydrogens (tertiary/aromatic N) is 2. The van der Waals surface area contributed by atoms with Gasteiger partial charge in [-0.15, -0.1) is 0 Å². The number of nitrogens with one attached hydrogen (secondary N) is 2. The third-order valence-electron chi connectivity index (χ3n) is 17.7. The first-order valence-corrected chi connectivity index (χ1v) is 32.8. The van der Waals surface area contributed by atoms with Crippen molar-refractivity contribution in [2.24, 2.45) is 23.7 Å². The van der Waals surface area contributed by atoms with E-state index in [0.29, 0.717) is 61.5 Å². The second-order valence-electron chi connectivity index (χ2n) is 24.0. The van der Waals surface area contributed by atoms with Crippen LogP contribution in [0, 0.1) is 23.7 Å². The molecular weight excluding hydrogens is 1060 g/mol. The molecule has 8 bridgehead atoms. The monoisotopic (exact) mass is 1160 g/mol. The molecule has 0 aliphatic carbocycles. The fraction of sp³-hybridized carbons (Fsp3) is 0.421. The molecule has 7 aromatic rings. The first-order chi connectivity index (χ1) is 42.1. The van der Waals surface area contributed by atoms with Crippen LogP contribution in [0.2, 0.25) is 0 Å². The normalized spacial score (nSPS) is 13.4. The maximum atomic E-state index is 6.93. The van der Waals surface area contributed by atoms with Gasteiger partial charge in [-0.05, 0) is 169 Å². The molecule has 10 heteroatoms. The van der Waals surface area contributed by atoms with Gasteiger partial charge in [0.25, 0.3) is 0 Å². The molecule has 6 N–H and O–H groups in total. The van der Waals surface area contributed by atoms with Crippen molar-refractivity contribution < 1.29 is 18.9 Å². The zero-order valence-electron chi connectivity index (χ0n) is 52.8. The van der Waals surface area contributed by atoms with Crippen molar-refractivity contribution in [2.45, 2.75) is 158 Å². The van der Waals surface area contributed by atoms with Crippen molar-refractivity contribution in [1.82, 2.24) is 19.9 Å². The summed E-state index contributed by atoms with van der Waals surface area (Å²) < 4.78 is 27.4. The average Bonchev–Trinajstić information content (AvgIpc) is 2.10. The van der Waals surface area contributed by atoms with E-state index in [1.54, 1.807) is 0 Å². The highest BCUT2D eigenvalue weighted by atomic mass is 16.5. The molecular formula is C76H96N6O4. The molecule has 4 atom stereocenters. The lowest BCUT2D eigenvalue weighted by Gasteiger charge is -2.21. The number of aromatic amines is 2. The minimum absolute atomic E-state index is 0.432. The van der Waals surface area contributed by atoms with Gasteiger partial charge in [0.15, 0.2) is 23.0 Å². The van der Waals surface area contributed by atoms with E-state index in [1.807, 2.05) is 24.3 Å². The van der Waals surface area contributed by atoms with Crippen molar-refractivity contribution in [1.29, 1.82) is 0 Å². The molecule has 0 amide bonds. The summed E-state index contributed by atoms with van der Waals surface area (Å²) in [6.07, 6.45) is 26.7. The lowest BCUT2D eigenvalue weighted by atomic mass is 10.00. The molecule has 9 rings (SSSR count). The predicted octanol–water partition coefficient (Wildman–Crippen LogP) is 20.9. The van der Waals surface area contributed by atoms with Crippen molar-refractivity contribution in [3.8, 4) is 67.5 Å². The number of nitrogens with two attached hydrogens (primary N) is 2. The van der Waals surface area contributed by atoms with E-state index >= 15 is 0 Å². The van der Waals surface area contributed by atoms with E-state index in [9.17, 15) is 0 Å². The largest absolute Gasteiger partial charge is 0.489 e. The standard InChI is InChI=1S/C76H96N6O4/c1-9-17-21-51(13-5)47-83-69-43-29-57(45-71(69)85-49-53(15-7)23-19-11-3)75-65-39-35-61(79-65)73(55-25-31-59(77)32-26-55)63-37-41-67(81-63)76(68-42-38-64(82-68)74(62-36-40-66(75)80-62)56-27-33-60(78)34-28-56)58-30-44-70(84-48-52(14-6)22-18-10-2)72(46-58)86-50-54(16-8)24-20-12-4/h25-46,51-54,79,82H,9-24,47-50,77-78H2,1-8H3. The molecule has 0 radical (unpaired) electrons. The Morgan fingerprint density at radius 3 is 0.884 bits per heavy atom. The Balaban J connectivity index is 1.30. The predicted molar refractivity (Wildman–Crippen MR) is 365 cm³/mol. The SMILES string of the molecule is CCCCC(CC)COc1ccc(-c2c3nc(c(-c4ccc(N)cc4)c4ccc([nH]4)c(-c4ccc(OCC(CC)CCCC)c(OCC(CC)CCCC)c4)c4nc(c(-c5ccc(N)cc5)c5ccc2[nH]5)C=C4)C=C3)cc1OCC(CC)CCCC. The van der Waals surface area contributed by atoms with Gasteiger partial charge < -0.3 is 40.4 Å². The first-order valence-electron chi connectivity index (χ1n) is 32.8. The third kappa shape index (κ3) is 15.6. The van der Waals surface area contributed by atoms with Gasteiger partial charge in [0.05, 0.1) is 49.2 Å². The first kappa shape index (κ1) is 62.8. The van der Waals surface area contributed by atoms with Crippen molar-refractivity contribution in [2.75, 3.05) is 37.9 Å². The molecule has 86 heavy (non-hydrogen) atoms. The second kappa shape index (κ2) is 31.1. The molecule has 0 saturated heterocycles. The number of hydrogen-bond donors (Lipinski definition) is 4. The summed E-state index contributed by atoms with van der Waals surface area (Å²) in [6.45, 7) is 20.6. The molecule has 0 spiro atoms. The van der Waals surface area contributed by atoms with Crippen molar-refractivity contribution >= 4 is 57.7 Å². The Morgan fingerprint density at radius 1 is 0.337 bits per heavy atom. The molecule has 2 aliphatic rings. The number of rotatable bonds is 32. The summed E-state index contributed by atoms with van der Waals surface area (Å²) in [5, 5.41) is 0. The summed E-state index contributed by atoms with van der Waals surface area (Å²) in [4.78, 5) is 19.2. The lowest BCUT2D eigenvalue weighted by Crippen LogP contribution is -2.14. The number of H-pyrrole nitrogens is 2. The molecule has 4 unspecified atom stereocenters. The summed E-state index contributed by atoms with van der Waals surface area (Å²) in [7, 11) is 0. The van der Waals surface area contributed by atoms with Crippen LogP contribution in [-0.2, 0) is 0 Å². The fourth-order valence-electron chi connectivity index (χ4n) is 11.9. The fourth-order valence-corrected chi connectivity index (χ4v) is 11.9. The average molecular weight is 1160 g/mol. The Hall–Kier alpha value is -7.72. The Kier molecular flexibility index (Phi) is 22.7. The highest BCUT2D eigenvalue weighted by molar-refractivity contribution is 6.00. The van der Waals surface area contributed by atoms with Gasteiger partial charge >= 0.3 is 0 Å². The number of unbranched alkanes of at least 4 members (excludes halogenated alkanes) is 4. The Morgan fingerprint density at radius 2 is 0.605 bits per heavy atom. The minimum atomic E-state index is 0.432. The van der Waals surface area contributed by atoms with Gasteiger partial charge in [0.2, 0.25) is 0 Å². The van der Waals surface area contributed by atoms with Gasteiger partial charge in [-0.3, -0.25) is 0 Å². The van der Waals surface area contributed by atoms with Crippen LogP contribution < -0.4 is 30.4 Å². The Bertz CT molecular complexity index is 3320. The van der Waals surface area contributed by atoms with Crippen LogP contribution in [0.4, 0.5) is 11.4 Å². The molecule has 0 fully saturated rings. The number of anilines is 2. The molecule has 0 saturated carbocycles. The Labute approximate surface area is 513 Å². The quantitative estimate of drug-likeness (QED) is 0.0305. The van der Waals surface area contributed by atoms with Crippen LogP contribution in [0.3, 0.4) is 0 Å². The molecule has 10 nitrogen and oxygen atoms in total. The summed E-state index contributed by atoms with van der Waals surface area (Å²) in [6, 6.07) is 37.7. The van der Waals surface area contributed by atoms with Gasteiger partial charge in [-0.25, -0.2) is 9.97 Å². The number of ether oxygens (including phenoxy) is 4. The maximum absolute atomic E-state index is 6.93. The van der Waals surface area contributed by atoms with Crippen LogP contribution in [-0.4, -0.2) is 46.4 Å². The maximum Gasteiger partial charge on any atom is 0.161 e. The minimum Gasteiger partial charge on any atom is -0.489 e. The van der Waals surface area contributed by atoms with Gasteiger partial charge in [0, 0.05) is 55.7 Å². The zero-order valence-corrected chi connectivity index (χ0v) is 52.8. The summed E-state index contributed by atoms with van der Waals surface area (Å²) >= 11 is 0. The number of fused-ring (bicyclic) bond motifs is 8. The van der Waals surface area contributed by atoms with Crippen molar-refractivity contribution in [3.05, 3.63) is 132 Å². The van der Waals surface area contributed by atoms with Gasteiger partial charge in [-0.2, -0.15) is 0 Å². The number of aromatic nitrogens is 4. The van der Waals surface area contributed by atoms with Crippen LogP contribution in [0.1, 0.15) is 181 Å². The van der Waals surface area contributed by atoms with Gasteiger partial charge in [-0.1, -0.05) is 169 Å². The van der Waals surface area contributed by atoms with E-state index < -0.39 is 0 Å². The summed E-state index contributed by atoms with van der Waals surface area (Å²) in [5.41, 5.74) is 28.6. The topological polar surface area (TPSA) is 146 Å². The number of nitrogen functional groups attached to an aromatic ring is 2. The molecule has 4 aromatic carbocycles. The van der Waals surface area contributed by atoms with E-state index in [4.69, 9.17) is 40.4 Å². The highest BCUT2D eigenvalue weighted by Crippen LogP contribution is 2.43. The van der Waals surface area contributed by atoms with Crippen molar-refractivity contribution in [3.63, 3.8) is 0 Å². The van der Waals surface area contributed by atoms with Crippen LogP contribution in [0.15, 0.2) is 109 Å². The smallest absolute Gasteiger partial charge is 0.161 e. The van der Waals surface area contributed by atoms with Crippen LogP contribution in [0.5, 0.6) is 23.0 Å². The van der Waals surface area contributed by atoms with Crippen LogP contribution in [0.25, 0.3) is 90.9 Å². The molecule has 5 heterocycles. The van der Waals surface area contributed by atoms with Crippen LogP contribution >= 0.6 is 0 Å². The number of benzene rings is 4. The van der Waals surface area contributed by atoms with E-state index in [-0.39, 0.29) is 0 Å². The van der Waals surface area contributed by atoms with E-state index in [2.05, 4.69) is 175 Å². The lowest BCUT2D eigenvalue weighted by molar-refractivity contribution is 0.199. The molecule has 454 valence electrons. The zero-order chi connectivity index (χ0) is 60.4. The number of hydrogen-bond acceptors (Lipinski definition) is 8. The molecule has 2 aliphatic heterocycles. The third-order valence-corrected chi connectivity index (χ3v) is 17.7. The highest BCUT2D eigenvalue weighted by Gasteiger charge is 2.23. The second-order valence-corrected chi connectivity index (χ2v) is 24.0.